The number of ether oxygens (including phenoxy) is 1. The third-order valence-corrected chi connectivity index (χ3v) is 4.88. The van der Waals surface area contributed by atoms with Crippen LogP contribution in [-0.4, -0.2) is 47.8 Å². The first kappa shape index (κ1) is 16.3. The Morgan fingerprint density at radius 1 is 1.35 bits per heavy atom. The van der Waals surface area contributed by atoms with E-state index in [2.05, 4.69) is 0 Å². The topological polar surface area (TPSA) is 49.8 Å². The molecule has 3 atom stereocenters. The summed E-state index contributed by atoms with van der Waals surface area (Å²) in [6, 6.07) is 3.68. The molecule has 1 N–H and O–H groups in total. The molecule has 0 aromatic heterocycles. The summed E-state index contributed by atoms with van der Waals surface area (Å²) in [5.41, 5.74) is 0.0622. The van der Waals surface area contributed by atoms with Crippen LogP contribution in [0.2, 0.25) is 0 Å². The molecule has 1 aromatic carbocycles. The number of benzene rings is 1. The summed E-state index contributed by atoms with van der Waals surface area (Å²) in [4.78, 5) is 14.3. The quantitative estimate of drug-likeness (QED) is 0.923. The average Bonchev–Trinajstić information content (AvgIpc) is 2.98. The second-order valence-corrected chi connectivity index (χ2v) is 6.28. The zero-order chi connectivity index (χ0) is 16.4. The van der Waals surface area contributed by atoms with E-state index in [1.54, 1.807) is 4.90 Å². The zero-order valence-electron chi connectivity index (χ0n) is 12.9. The van der Waals surface area contributed by atoms with Crippen LogP contribution in [0.1, 0.15) is 24.8 Å². The Morgan fingerprint density at radius 3 is 2.91 bits per heavy atom. The smallest absolute Gasteiger partial charge is 0.227 e. The fourth-order valence-electron chi connectivity index (χ4n) is 3.65. The Bertz CT molecular complexity index is 581. The maximum atomic E-state index is 13.8. The molecule has 1 aliphatic heterocycles. The molecule has 23 heavy (non-hydrogen) atoms. The molecule has 1 heterocycles. The lowest BCUT2D eigenvalue weighted by Crippen LogP contribution is -2.54. The fraction of sp³-hybridized carbons (Fsp3) is 0.588. The maximum absolute atomic E-state index is 13.8. The number of amides is 1. The molecule has 0 radical (unpaired) electrons. The van der Waals surface area contributed by atoms with Crippen LogP contribution in [0.3, 0.4) is 0 Å². The number of carbonyl (C=O) groups excluding carboxylic acids is 1. The van der Waals surface area contributed by atoms with E-state index in [-0.39, 0.29) is 29.9 Å². The fourth-order valence-corrected chi connectivity index (χ4v) is 3.65. The first-order valence-electron chi connectivity index (χ1n) is 8.06. The molecule has 1 aliphatic carbocycles. The van der Waals surface area contributed by atoms with Crippen LogP contribution in [0, 0.1) is 17.6 Å². The largest absolute Gasteiger partial charge is 0.393 e. The summed E-state index contributed by atoms with van der Waals surface area (Å²) in [5, 5.41) is 10.1. The van der Waals surface area contributed by atoms with E-state index in [9.17, 15) is 18.7 Å². The van der Waals surface area contributed by atoms with Gasteiger partial charge in [-0.15, -0.1) is 0 Å². The molecule has 4 nitrogen and oxygen atoms in total. The van der Waals surface area contributed by atoms with Crippen molar-refractivity contribution in [3.8, 4) is 0 Å². The minimum atomic E-state index is -0.966. The molecular weight excluding hydrogens is 304 g/mol. The number of aliphatic hydroxyl groups is 1. The normalized spacial score (nSPS) is 28.1. The van der Waals surface area contributed by atoms with Gasteiger partial charge in [-0.05, 0) is 18.9 Å². The van der Waals surface area contributed by atoms with Gasteiger partial charge in [0.1, 0.15) is 0 Å². The first-order chi connectivity index (χ1) is 11.1. The highest BCUT2D eigenvalue weighted by Gasteiger charge is 2.39. The molecule has 2 fully saturated rings. The van der Waals surface area contributed by atoms with Gasteiger partial charge >= 0.3 is 0 Å². The summed E-state index contributed by atoms with van der Waals surface area (Å²) in [6.45, 7) is 1.24. The van der Waals surface area contributed by atoms with Gasteiger partial charge in [0, 0.05) is 18.0 Å². The number of hydrogen-bond acceptors (Lipinski definition) is 3. The van der Waals surface area contributed by atoms with Gasteiger partial charge in [-0.1, -0.05) is 18.6 Å². The first-order valence-corrected chi connectivity index (χ1v) is 8.06. The predicted molar refractivity (Wildman–Crippen MR) is 79.7 cm³/mol. The van der Waals surface area contributed by atoms with Crippen LogP contribution < -0.4 is 0 Å². The lowest BCUT2D eigenvalue weighted by Gasteiger charge is -2.40. The van der Waals surface area contributed by atoms with Gasteiger partial charge in [0.15, 0.2) is 11.6 Å². The lowest BCUT2D eigenvalue weighted by atomic mass is 9.93. The van der Waals surface area contributed by atoms with Crippen molar-refractivity contribution in [3.05, 3.63) is 35.4 Å². The van der Waals surface area contributed by atoms with Gasteiger partial charge in [-0.25, -0.2) is 8.78 Å². The highest BCUT2D eigenvalue weighted by molar-refractivity contribution is 5.79. The molecule has 0 unspecified atom stereocenters. The Kier molecular flexibility index (Phi) is 4.92. The molecule has 1 aromatic rings. The number of hydrogen-bond donors (Lipinski definition) is 1. The van der Waals surface area contributed by atoms with Gasteiger partial charge < -0.3 is 14.7 Å². The number of halogens is 2. The lowest BCUT2D eigenvalue weighted by molar-refractivity contribution is -0.143. The van der Waals surface area contributed by atoms with Crippen molar-refractivity contribution in [1.82, 2.24) is 4.90 Å². The molecule has 6 heteroatoms. The molecule has 0 spiro atoms. The molecule has 1 saturated carbocycles. The van der Waals surface area contributed by atoms with Gasteiger partial charge in [-0.2, -0.15) is 0 Å². The number of rotatable bonds is 3. The van der Waals surface area contributed by atoms with E-state index in [1.807, 2.05) is 0 Å². The number of aliphatic hydroxyl groups excluding tert-OH is 1. The van der Waals surface area contributed by atoms with E-state index >= 15 is 0 Å². The molecule has 3 rings (SSSR count). The minimum absolute atomic E-state index is 0.00314. The van der Waals surface area contributed by atoms with Crippen LogP contribution in [0.15, 0.2) is 18.2 Å². The van der Waals surface area contributed by atoms with Crippen molar-refractivity contribution in [2.24, 2.45) is 5.92 Å². The Morgan fingerprint density at radius 2 is 2.17 bits per heavy atom. The Balaban J connectivity index is 1.75. The molecule has 0 bridgehead atoms. The third kappa shape index (κ3) is 3.38. The standard InChI is InChI=1S/C17H21F2NO3/c18-13-5-1-3-11(17(13)19)9-16(22)20-7-8-23-10-14(20)12-4-2-6-15(12)21/h1,3,5,12,14-15,21H,2,4,6-10H2/t12-,14+,15+/m0/s1. The minimum Gasteiger partial charge on any atom is -0.393 e. The van der Waals surface area contributed by atoms with Gasteiger partial charge in [0.25, 0.3) is 0 Å². The van der Waals surface area contributed by atoms with Crippen molar-refractivity contribution in [3.63, 3.8) is 0 Å². The summed E-state index contributed by atoms with van der Waals surface area (Å²) in [5.74, 6) is -2.16. The summed E-state index contributed by atoms with van der Waals surface area (Å²) >= 11 is 0. The van der Waals surface area contributed by atoms with E-state index in [0.717, 1.165) is 25.3 Å². The van der Waals surface area contributed by atoms with Crippen LogP contribution >= 0.6 is 0 Å². The second-order valence-electron chi connectivity index (χ2n) is 6.28. The predicted octanol–water partition coefficient (Wildman–Crippen LogP) is 1.90. The van der Waals surface area contributed by atoms with Crippen LogP contribution in [0.25, 0.3) is 0 Å². The molecule has 2 aliphatic rings. The maximum Gasteiger partial charge on any atom is 0.227 e. The summed E-state index contributed by atoms with van der Waals surface area (Å²) in [6.07, 6.45) is 1.92. The highest BCUT2D eigenvalue weighted by Crippen LogP contribution is 2.32. The zero-order valence-corrected chi connectivity index (χ0v) is 12.9. The van der Waals surface area contributed by atoms with Crippen molar-refractivity contribution >= 4 is 5.91 Å². The monoisotopic (exact) mass is 325 g/mol. The van der Waals surface area contributed by atoms with Gasteiger partial charge in [0.2, 0.25) is 5.91 Å². The molecule has 1 amide bonds. The van der Waals surface area contributed by atoms with Crippen molar-refractivity contribution in [2.75, 3.05) is 19.8 Å². The van der Waals surface area contributed by atoms with E-state index in [1.165, 1.54) is 12.1 Å². The Labute approximate surface area is 134 Å². The molecular formula is C17H21F2NO3. The van der Waals surface area contributed by atoms with Crippen molar-refractivity contribution in [2.45, 2.75) is 37.8 Å². The highest BCUT2D eigenvalue weighted by atomic mass is 19.2. The van der Waals surface area contributed by atoms with E-state index < -0.39 is 17.7 Å². The van der Waals surface area contributed by atoms with Crippen LogP contribution in [0.5, 0.6) is 0 Å². The second kappa shape index (κ2) is 6.93. The van der Waals surface area contributed by atoms with Crippen molar-refractivity contribution in [1.29, 1.82) is 0 Å². The summed E-state index contributed by atoms with van der Waals surface area (Å²) in [7, 11) is 0. The number of nitrogens with zero attached hydrogens (tertiary/aromatic N) is 1. The third-order valence-electron chi connectivity index (χ3n) is 4.88. The Hall–Kier alpha value is -1.53. The van der Waals surface area contributed by atoms with Crippen molar-refractivity contribution < 1.29 is 23.4 Å². The van der Waals surface area contributed by atoms with Crippen LogP contribution in [0.4, 0.5) is 8.78 Å². The number of morpholine rings is 1. The van der Waals surface area contributed by atoms with E-state index in [0.29, 0.717) is 19.8 Å². The summed E-state index contributed by atoms with van der Waals surface area (Å²) < 4.78 is 32.5. The van der Waals surface area contributed by atoms with Crippen LogP contribution in [-0.2, 0) is 16.0 Å². The van der Waals surface area contributed by atoms with E-state index in [4.69, 9.17) is 4.74 Å². The molecule has 1 saturated heterocycles. The average molecular weight is 325 g/mol. The van der Waals surface area contributed by atoms with Gasteiger partial charge in [0.05, 0.1) is 31.8 Å². The van der Waals surface area contributed by atoms with Gasteiger partial charge in [-0.3, -0.25) is 4.79 Å². The number of carbonyl (C=O) groups is 1. The SMILES string of the molecule is O=C(Cc1cccc(F)c1F)N1CCOC[C@@H]1[C@@H]1CCC[C@H]1O. The molecule has 126 valence electrons.